The molecule has 1 fully saturated rings. The van der Waals surface area contributed by atoms with Crippen LogP contribution in [0.2, 0.25) is 0 Å². The lowest BCUT2D eigenvalue weighted by atomic mass is 9.84. The van der Waals surface area contributed by atoms with E-state index in [0.717, 1.165) is 5.56 Å². The van der Waals surface area contributed by atoms with Gasteiger partial charge in [0.25, 0.3) is 0 Å². The lowest BCUT2D eigenvalue weighted by Gasteiger charge is -2.48. The molecule has 1 aliphatic heterocycles. The van der Waals surface area contributed by atoms with E-state index in [-0.39, 0.29) is 28.3 Å². The van der Waals surface area contributed by atoms with Crippen LogP contribution in [-0.4, -0.2) is 37.0 Å². The number of likely N-dealkylation sites (tertiary alicyclic amines) is 1. The molecule has 0 unspecified atom stereocenters. The fraction of sp³-hybridized carbons (Fsp3) is 0.444. The highest BCUT2D eigenvalue weighted by Gasteiger charge is 2.42. The predicted molar refractivity (Wildman–Crippen MR) is 95.8 cm³/mol. The monoisotopic (exact) mass is 377 g/mol. The largest absolute Gasteiger partial charge is 0.360 e. The Balaban J connectivity index is 1.76. The van der Waals surface area contributed by atoms with Crippen LogP contribution >= 0.6 is 0 Å². The first-order chi connectivity index (χ1) is 12.2. The molecule has 0 bridgehead atoms. The Labute approximate surface area is 153 Å². The van der Waals surface area contributed by atoms with E-state index < -0.39 is 16.1 Å². The van der Waals surface area contributed by atoms with Crippen LogP contribution in [0.25, 0.3) is 0 Å². The maximum absolute atomic E-state index is 12.8. The van der Waals surface area contributed by atoms with Gasteiger partial charge in [-0.3, -0.25) is 4.79 Å². The van der Waals surface area contributed by atoms with Crippen molar-refractivity contribution < 1.29 is 17.7 Å². The molecule has 1 amide bonds. The van der Waals surface area contributed by atoms with Crippen molar-refractivity contribution in [2.24, 2.45) is 5.92 Å². The summed E-state index contributed by atoms with van der Waals surface area (Å²) >= 11 is 0. The molecule has 1 aromatic heterocycles. The summed E-state index contributed by atoms with van der Waals surface area (Å²) in [7, 11) is -3.89. The third-order valence-corrected chi connectivity index (χ3v) is 6.51. The van der Waals surface area contributed by atoms with Crippen LogP contribution in [0, 0.1) is 19.8 Å². The maximum atomic E-state index is 12.8. The SMILES string of the molecule is Cc1noc(C)c1S(=O)(=O)N[C@@H](C)C(=O)N1C[C@H](C)[C@@H]1c1ccccc1. The molecule has 2 heterocycles. The number of aryl methyl sites for hydroxylation is 2. The zero-order chi connectivity index (χ0) is 19.1. The number of carbonyl (C=O) groups is 1. The van der Waals surface area contributed by atoms with E-state index in [1.54, 1.807) is 18.7 Å². The summed E-state index contributed by atoms with van der Waals surface area (Å²) in [5, 5.41) is 3.67. The summed E-state index contributed by atoms with van der Waals surface area (Å²) in [4.78, 5) is 14.5. The second-order valence-corrected chi connectivity index (χ2v) is 8.47. The van der Waals surface area contributed by atoms with Crippen LogP contribution in [0.1, 0.15) is 36.9 Å². The van der Waals surface area contributed by atoms with Crippen molar-refractivity contribution in [3.8, 4) is 0 Å². The third kappa shape index (κ3) is 3.26. The van der Waals surface area contributed by atoms with Crippen LogP contribution in [0.3, 0.4) is 0 Å². The van der Waals surface area contributed by atoms with E-state index in [1.165, 1.54) is 6.92 Å². The van der Waals surface area contributed by atoms with Gasteiger partial charge in [-0.2, -0.15) is 4.72 Å². The van der Waals surface area contributed by atoms with Crippen molar-refractivity contribution >= 4 is 15.9 Å². The molecule has 7 nitrogen and oxygen atoms in total. The second kappa shape index (κ2) is 6.85. The quantitative estimate of drug-likeness (QED) is 0.862. The van der Waals surface area contributed by atoms with Crippen molar-refractivity contribution in [1.29, 1.82) is 0 Å². The second-order valence-electron chi connectivity index (χ2n) is 6.82. The summed E-state index contributed by atoms with van der Waals surface area (Å²) in [6, 6.07) is 8.86. The summed E-state index contributed by atoms with van der Waals surface area (Å²) in [6.45, 7) is 7.34. The molecule has 0 aliphatic carbocycles. The highest BCUT2D eigenvalue weighted by molar-refractivity contribution is 7.89. The minimum absolute atomic E-state index is 0.00580. The van der Waals surface area contributed by atoms with Crippen molar-refractivity contribution in [2.45, 2.75) is 44.7 Å². The van der Waals surface area contributed by atoms with Gasteiger partial charge in [0.1, 0.15) is 10.6 Å². The molecular weight excluding hydrogens is 354 g/mol. The number of sulfonamides is 1. The maximum Gasteiger partial charge on any atom is 0.246 e. The Hall–Kier alpha value is -2.19. The van der Waals surface area contributed by atoms with Crippen LogP contribution in [0.15, 0.2) is 39.8 Å². The van der Waals surface area contributed by atoms with E-state index in [0.29, 0.717) is 12.5 Å². The molecule has 0 radical (unpaired) electrons. The van der Waals surface area contributed by atoms with Crippen molar-refractivity contribution in [3.63, 3.8) is 0 Å². The van der Waals surface area contributed by atoms with Crippen LogP contribution in [0.4, 0.5) is 0 Å². The molecule has 1 aromatic carbocycles. The smallest absolute Gasteiger partial charge is 0.246 e. The van der Waals surface area contributed by atoms with Gasteiger partial charge in [-0.25, -0.2) is 8.42 Å². The van der Waals surface area contributed by atoms with E-state index in [1.807, 2.05) is 30.3 Å². The third-order valence-electron chi connectivity index (χ3n) is 4.72. The van der Waals surface area contributed by atoms with E-state index in [4.69, 9.17) is 4.52 Å². The van der Waals surface area contributed by atoms with Crippen molar-refractivity contribution in [2.75, 3.05) is 6.54 Å². The topological polar surface area (TPSA) is 92.5 Å². The molecule has 140 valence electrons. The number of rotatable bonds is 5. The first kappa shape index (κ1) is 18.6. The minimum atomic E-state index is -3.89. The van der Waals surface area contributed by atoms with Crippen LogP contribution in [0.5, 0.6) is 0 Å². The van der Waals surface area contributed by atoms with Gasteiger partial charge in [0.2, 0.25) is 15.9 Å². The molecule has 0 spiro atoms. The first-order valence-corrected chi connectivity index (χ1v) is 10.0. The standard InChI is InChI=1S/C18H23N3O4S/c1-11-10-21(16(11)15-8-6-5-7-9-15)18(22)13(3)20-26(23,24)17-12(2)19-25-14(17)4/h5-9,11,13,16,20H,10H2,1-4H3/t11-,13-,16+/m0/s1. The molecule has 8 heteroatoms. The zero-order valence-corrected chi connectivity index (χ0v) is 16.1. The number of amides is 1. The first-order valence-electron chi connectivity index (χ1n) is 8.53. The number of carbonyl (C=O) groups excluding carboxylic acids is 1. The lowest BCUT2D eigenvalue weighted by Crippen LogP contribution is -2.57. The minimum Gasteiger partial charge on any atom is -0.360 e. The number of aromatic nitrogens is 1. The van der Waals surface area contributed by atoms with Gasteiger partial charge in [0.15, 0.2) is 5.76 Å². The molecule has 1 aliphatic rings. The fourth-order valence-corrected chi connectivity index (χ4v) is 5.05. The van der Waals surface area contributed by atoms with E-state index in [9.17, 15) is 13.2 Å². The number of nitrogens with one attached hydrogen (secondary N) is 1. The van der Waals surface area contributed by atoms with Gasteiger partial charge < -0.3 is 9.42 Å². The lowest BCUT2D eigenvalue weighted by molar-refractivity contribution is -0.145. The van der Waals surface area contributed by atoms with Crippen LogP contribution in [-0.2, 0) is 14.8 Å². The van der Waals surface area contributed by atoms with Gasteiger partial charge in [-0.05, 0) is 32.3 Å². The van der Waals surface area contributed by atoms with Gasteiger partial charge in [0, 0.05) is 6.54 Å². The summed E-state index contributed by atoms with van der Waals surface area (Å²) in [5.74, 6) is 0.286. The highest BCUT2D eigenvalue weighted by Crippen LogP contribution is 2.38. The van der Waals surface area contributed by atoms with E-state index in [2.05, 4.69) is 16.8 Å². The molecule has 1 N–H and O–H groups in total. The molecular formula is C18H23N3O4S. The Bertz CT molecular complexity index is 888. The van der Waals surface area contributed by atoms with Crippen molar-refractivity contribution in [3.05, 3.63) is 47.3 Å². The normalized spacial score (nSPS) is 21.3. The Morgan fingerprint density at radius 2 is 1.96 bits per heavy atom. The van der Waals surface area contributed by atoms with Gasteiger partial charge >= 0.3 is 0 Å². The summed E-state index contributed by atoms with van der Waals surface area (Å²) in [5.41, 5.74) is 1.33. The fourth-order valence-electron chi connectivity index (χ4n) is 3.53. The number of hydrogen-bond donors (Lipinski definition) is 1. The van der Waals surface area contributed by atoms with Gasteiger partial charge in [-0.15, -0.1) is 0 Å². The molecule has 3 rings (SSSR count). The summed E-state index contributed by atoms with van der Waals surface area (Å²) in [6.07, 6.45) is 0. The molecule has 1 saturated heterocycles. The number of hydrogen-bond acceptors (Lipinski definition) is 5. The molecule has 0 saturated carbocycles. The average molecular weight is 377 g/mol. The Morgan fingerprint density at radius 1 is 1.31 bits per heavy atom. The molecule has 26 heavy (non-hydrogen) atoms. The highest BCUT2D eigenvalue weighted by atomic mass is 32.2. The average Bonchev–Trinajstić information content (AvgIpc) is 2.91. The number of nitrogens with zero attached hydrogens (tertiary/aromatic N) is 2. The molecule has 2 aromatic rings. The summed E-state index contributed by atoms with van der Waals surface area (Å²) < 4.78 is 32.6. The number of benzene rings is 1. The van der Waals surface area contributed by atoms with E-state index >= 15 is 0 Å². The predicted octanol–water partition coefficient (Wildman–Crippen LogP) is 2.18. The van der Waals surface area contributed by atoms with Crippen molar-refractivity contribution in [1.82, 2.24) is 14.8 Å². The van der Waals surface area contributed by atoms with Crippen LogP contribution < -0.4 is 4.72 Å². The van der Waals surface area contributed by atoms with Gasteiger partial charge in [0.05, 0.1) is 12.1 Å². The Morgan fingerprint density at radius 3 is 2.50 bits per heavy atom. The molecule has 3 atom stereocenters. The zero-order valence-electron chi connectivity index (χ0n) is 15.3. The van der Waals surface area contributed by atoms with Gasteiger partial charge in [-0.1, -0.05) is 42.4 Å². The Kier molecular flexibility index (Phi) is 4.90.